The van der Waals surface area contributed by atoms with Gasteiger partial charge in [-0.05, 0) is 85.1 Å². The third-order valence-electron chi connectivity index (χ3n) is 11.9. The van der Waals surface area contributed by atoms with Crippen LogP contribution in [-0.4, -0.2) is 14.5 Å². The standard InChI is InChI=1S/C56H35N3/c1-3-16-36(17-4-1)51-35-52(58-56(57-51)37-18-5-2-6-19-37)39-21-15-22-41(32-39)59-53-29-14-13-28-48(53)50-33-38-20-7-8-23-42(38)54(55(50)59)40-30-31-47-45-26-10-9-24-43(45)44-25-11-12-27-46(44)49(47)34-40/h1-35H. The quantitative estimate of drug-likeness (QED) is 0.164. The molecule has 0 aliphatic carbocycles. The zero-order valence-electron chi connectivity index (χ0n) is 32.0. The van der Waals surface area contributed by atoms with Gasteiger partial charge in [0.15, 0.2) is 5.82 Å². The minimum Gasteiger partial charge on any atom is -0.309 e. The van der Waals surface area contributed by atoms with E-state index in [4.69, 9.17) is 9.97 Å². The number of aromatic nitrogens is 3. The Labute approximate surface area is 341 Å². The molecule has 3 heteroatoms. The molecule has 0 radical (unpaired) electrons. The normalized spacial score (nSPS) is 11.7. The molecular formula is C56H35N3. The van der Waals surface area contributed by atoms with Crippen molar-refractivity contribution in [1.82, 2.24) is 14.5 Å². The number of para-hydroxylation sites is 1. The first-order valence-electron chi connectivity index (χ1n) is 20.2. The predicted octanol–water partition coefficient (Wildman–Crippen LogP) is 14.9. The molecule has 0 bridgehead atoms. The van der Waals surface area contributed by atoms with E-state index in [2.05, 4.69) is 193 Å². The largest absolute Gasteiger partial charge is 0.309 e. The second kappa shape index (κ2) is 13.4. The minimum atomic E-state index is 0.703. The van der Waals surface area contributed by atoms with Crippen LogP contribution in [0, 0.1) is 0 Å². The fourth-order valence-electron chi connectivity index (χ4n) is 9.29. The number of fused-ring (bicyclic) bond motifs is 10. The van der Waals surface area contributed by atoms with E-state index in [0.29, 0.717) is 5.82 Å². The molecule has 274 valence electrons. The Morgan fingerprint density at radius 1 is 0.305 bits per heavy atom. The molecule has 59 heavy (non-hydrogen) atoms. The summed E-state index contributed by atoms with van der Waals surface area (Å²) in [5.74, 6) is 0.703. The van der Waals surface area contributed by atoms with Crippen LogP contribution in [0.25, 0.3) is 116 Å². The second-order valence-corrected chi connectivity index (χ2v) is 15.3. The van der Waals surface area contributed by atoms with Gasteiger partial charge in [-0.25, -0.2) is 9.97 Å². The highest BCUT2D eigenvalue weighted by molar-refractivity contribution is 6.27. The first-order chi connectivity index (χ1) is 29.3. The summed E-state index contributed by atoms with van der Waals surface area (Å²) in [6.45, 7) is 0. The van der Waals surface area contributed by atoms with E-state index in [0.717, 1.165) is 39.3 Å². The van der Waals surface area contributed by atoms with Crippen molar-refractivity contribution in [3.63, 3.8) is 0 Å². The van der Waals surface area contributed by atoms with Gasteiger partial charge < -0.3 is 4.57 Å². The monoisotopic (exact) mass is 749 g/mol. The number of hydrogen-bond donors (Lipinski definition) is 0. The van der Waals surface area contributed by atoms with E-state index in [1.807, 2.05) is 24.3 Å². The molecule has 0 aliphatic rings. The van der Waals surface area contributed by atoms with Crippen molar-refractivity contribution in [3.05, 3.63) is 212 Å². The number of benzene rings is 10. The third kappa shape index (κ3) is 5.36. The Bertz CT molecular complexity index is 3510. The maximum atomic E-state index is 5.21. The van der Waals surface area contributed by atoms with Crippen LogP contribution in [0.15, 0.2) is 212 Å². The molecule has 12 rings (SSSR count). The van der Waals surface area contributed by atoms with Crippen LogP contribution in [0.4, 0.5) is 0 Å². The summed E-state index contributed by atoms with van der Waals surface area (Å²) in [6, 6.07) is 76.4. The fraction of sp³-hybridized carbons (Fsp3) is 0. The Morgan fingerprint density at radius 2 is 0.847 bits per heavy atom. The zero-order chi connectivity index (χ0) is 38.9. The third-order valence-corrected chi connectivity index (χ3v) is 11.9. The van der Waals surface area contributed by atoms with E-state index >= 15 is 0 Å². The van der Waals surface area contributed by atoms with Crippen molar-refractivity contribution in [1.29, 1.82) is 0 Å². The van der Waals surface area contributed by atoms with E-state index in [1.54, 1.807) is 0 Å². The number of rotatable bonds is 5. The molecule has 10 aromatic carbocycles. The average Bonchev–Trinajstić information content (AvgIpc) is 3.65. The second-order valence-electron chi connectivity index (χ2n) is 15.3. The van der Waals surface area contributed by atoms with Crippen molar-refractivity contribution in [3.8, 4) is 50.7 Å². The highest BCUT2D eigenvalue weighted by atomic mass is 15.0. The van der Waals surface area contributed by atoms with Gasteiger partial charge in [0.05, 0.1) is 22.4 Å². The molecule has 2 aromatic heterocycles. The molecule has 0 aliphatic heterocycles. The van der Waals surface area contributed by atoms with Gasteiger partial charge >= 0.3 is 0 Å². The highest BCUT2D eigenvalue weighted by Gasteiger charge is 2.21. The maximum absolute atomic E-state index is 5.21. The van der Waals surface area contributed by atoms with Crippen molar-refractivity contribution >= 4 is 64.9 Å². The molecule has 0 amide bonds. The van der Waals surface area contributed by atoms with Gasteiger partial charge in [0.1, 0.15) is 0 Å². The highest BCUT2D eigenvalue weighted by Crippen LogP contribution is 2.45. The molecule has 0 spiro atoms. The Balaban J connectivity index is 1.14. The van der Waals surface area contributed by atoms with E-state index < -0.39 is 0 Å². The van der Waals surface area contributed by atoms with Gasteiger partial charge in [-0.2, -0.15) is 0 Å². The van der Waals surface area contributed by atoms with Gasteiger partial charge in [0.2, 0.25) is 0 Å². The van der Waals surface area contributed by atoms with Crippen LogP contribution < -0.4 is 0 Å². The summed E-state index contributed by atoms with van der Waals surface area (Å²) in [7, 11) is 0. The smallest absolute Gasteiger partial charge is 0.160 e. The van der Waals surface area contributed by atoms with Gasteiger partial charge in [0.25, 0.3) is 0 Å². The summed E-state index contributed by atoms with van der Waals surface area (Å²) < 4.78 is 2.47. The van der Waals surface area contributed by atoms with Crippen molar-refractivity contribution < 1.29 is 0 Å². The molecule has 12 aromatic rings. The van der Waals surface area contributed by atoms with Crippen LogP contribution in [0.2, 0.25) is 0 Å². The lowest BCUT2D eigenvalue weighted by atomic mass is 9.90. The van der Waals surface area contributed by atoms with E-state index in [9.17, 15) is 0 Å². The van der Waals surface area contributed by atoms with Gasteiger partial charge in [-0.1, -0.05) is 176 Å². The lowest BCUT2D eigenvalue weighted by Gasteiger charge is -2.17. The van der Waals surface area contributed by atoms with Crippen LogP contribution in [0.3, 0.4) is 0 Å². The molecule has 3 nitrogen and oxygen atoms in total. The molecule has 0 saturated carbocycles. The first-order valence-corrected chi connectivity index (χ1v) is 20.2. The molecule has 2 heterocycles. The fourth-order valence-corrected chi connectivity index (χ4v) is 9.29. The first kappa shape index (κ1) is 33.3. The van der Waals surface area contributed by atoms with Crippen molar-refractivity contribution in [2.24, 2.45) is 0 Å². The average molecular weight is 750 g/mol. The summed E-state index contributed by atoms with van der Waals surface area (Å²) in [4.78, 5) is 10.3. The summed E-state index contributed by atoms with van der Waals surface area (Å²) in [6.07, 6.45) is 0. The van der Waals surface area contributed by atoms with Crippen LogP contribution >= 0.6 is 0 Å². The molecule has 0 saturated heterocycles. The van der Waals surface area contributed by atoms with Gasteiger partial charge in [-0.15, -0.1) is 0 Å². The zero-order valence-corrected chi connectivity index (χ0v) is 32.0. The lowest BCUT2D eigenvalue weighted by Crippen LogP contribution is -1.99. The molecular weight excluding hydrogens is 715 g/mol. The summed E-state index contributed by atoms with van der Waals surface area (Å²) in [5.41, 5.74) is 10.7. The topological polar surface area (TPSA) is 30.7 Å². The number of nitrogens with zero attached hydrogens (tertiary/aromatic N) is 3. The van der Waals surface area contributed by atoms with Crippen molar-refractivity contribution in [2.75, 3.05) is 0 Å². The molecule has 0 N–H and O–H groups in total. The maximum Gasteiger partial charge on any atom is 0.160 e. The van der Waals surface area contributed by atoms with Crippen LogP contribution in [0.5, 0.6) is 0 Å². The Morgan fingerprint density at radius 3 is 1.56 bits per heavy atom. The summed E-state index contributed by atoms with van der Waals surface area (Å²) in [5, 5.41) is 12.5. The Kier molecular flexibility index (Phi) is 7.54. The van der Waals surface area contributed by atoms with Crippen LogP contribution in [0.1, 0.15) is 0 Å². The van der Waals surface area contributed by atoms with Crippen LogP contribution in [-0.2, 0) is 0 Å². The van der Waals surface area contributed by atoms with E-state index in [-0.39, 0.29) is 0 Å². The summed E-state index contributed by atoms with van der Waals surface area (Å²) >= 11 is 0. The lowest BCUT2D eigenvalue weighted by molar-refractivity contribution is 1.17. The molecule has 0 fully saturated rings. The predicted molar refractivity (Wildman–Crippen MR) is 248 cm³/mol. The number of hydrogen-bond acceptors (Lipinski definition) is 2. The van der Waals surface area contributed by atoms with Gasteiger partial charge in [0, 0.05) is 38.7 Å². The molecule has 0 unspecified atom stereocenters. The van der Waals surface area contributed by atoms with Crippen molar-refractivity contribution in [2.45, 2.75) is 0 Å². The molecule has 0 atom stereocenters. The SMILES string of the molecule is c1ccc(-c2cc(-c3cccc(-n4c5ccccc5c5cc6ccccc6c(-c6ccc7c8ccccc8c8ccccc8c7c6)c54)c3)nc(-c3ccccc3)n2)cc1. The minimum absolute atomic E-state index is 0.703. The Hall–Kier alpha value is -7.88. The van der Waals surface area contributed by atoms with E-state index in [1.165, 1.54) is 70.5 Å². The van der Waals surface area contributed by atoms with Gasteiger partial charge in [-0.3, -0.25) is 0 Å².